The molecule has 0 saturated carbocycles. The van der Waals surface area contributed by atoms with Crippen LogP contribution in [0.3, 0.4) is 0 Å². The molecular weight excluding hydrogens is 232 g/mol. The van der Waals surface area contributed by atoms with Crippen LogP contribution < -0.4 is 4.74 Å². The highest BCUT2D eigenvalue weighted by Crippen LogP contribution is 2.30. The third-order valence-electron chi connectivity index (χ3n) is 2.12. The van der Waals surface area contributed by atoms with Gasteiger partial charge in [0.25, 0.3) is 6.43 Å². The van der Waals surface area contributed by atoms with E-state index in [-0.39, 0.29) is 11.3 Å². The van der Waals surface area contributed by atoms with Gasteiger partial charge in [-0.25, -0.2) is 13.6 Å². The van der Waals surface area contributed by atoms with Gasteiger partial charge in [0.2, 0.25) is 0 Å². The van der Waals surface area contributed by atoms with Crippen LogP contribution in [-0.4, -0.2) is 20.2 Å². The molecular formula is C11H9F2NO3. The highest BCUT2D eigenvalue weighted by Gasteiger charge is 2.24. The molecule has 0 unspecified atom stereocenters. The first kappa shape index (κ1) is 12.9. The van der Waals surface area contributed by atoms with Crippen molar-refractivity contribution in [3.05, 3.63) is 28.8 Å². The van der Waals surface area contributed by atoms with Crippen molar-refractivity contribution in [1.82, 2.24) is 0 Å². The van der Waals surface area contributed by atoms with E-state index >= 15 is 0 Å². The van der Waals surface area contributed by atoms with Crippen LogP contribution in [0.5, 0.6) is 5.75 Å². The van der Waals surface area contributed by atoms with Crippen LogP contribution in [0.15, 0.2) is 12.1 Å². The van der Waals surface area contributed by atoms with Crippen molar-refractivity contribution in [2.75, 3.05) is 14.2 Å². The molecule has 1 aromatic carbocycles. The van der Waals surface area contributed by atoms with Crippen LogP contribution in [-0.2, 0) is 4.74 Å². The summed E-state index contributed by atoms with van der Waals surface area (Å²) in [6.45, 7) is 0. The zero-order valence-electron chi connectivity index (χ0n) is 9.16. The molecule has 4 nitrogen and oxygen atoms in total. The largest absolute Gasteiger partial charge is 0.497 e. The topological polar surface area (TPSA) is 59.3 Å². The molecule has 1 aromatic rings. The fraction of sp³-hybridized carbons (Fsp3) is 0.273. The number of nitrogens with zero attached hydrogens (tertiary/aromatic N) is 1. The lowest BCUT2D eigenvalue weighted by Crippen LogP contribution is -2.09. The molecule has 17 heavy (non-hydrogen) atoms. The van der Waals surface area contributed by atoms with E-state index in [0.29, 0.717) is 0 Å². The Kier molecular flexibility index (Phi) is 3.99. The minimum atomic E-state index is -2.90. The van der Waals surface area contributed by atoms with Crippen LogP contribution >= 0.6 is 0 Å². The molecule has 0 heterocycles. The Labute approximate surface area is 96.4 Å². The Bertz CT molecular complexity index is 480. The van der Waals surface area contributed by atoms with Crippen LogP contribution in [0.25, 0.3) is 0 Å². The maximum atomic E-state index is 12.8. The van der Waals surface area contributed by atoms with Crippen molar-refractivity contribution in [1.29, 1.82) is 5.26 Å². The first-order valence-electron chi connectivity index (χ1n) is 4.53. The molecule has 0 spiro atoms. The second-order valence-corrected chi connectivity index (χ2v) is 3.04. The van der Waals surface area contributed by atoms with E-state index in [1.165, 1.54) is 13.2 Å². The summed E-state index contributed by atoms with van der Waals surface area (Å²) in [6.07, 6.45) is -2.90. The molecule has 0 fully saturated rings. The van der Waals surface area contributed by atoms with Crippen molar-refractivity contribution < 1.29 is 23.0 Å². The van der Waals surface area contributed by atoms with Gasteiger partial charge in [-0.15, -0.1) is 0 Å². The Balaban J connectivity index is 3.53. The van der Waals surface area contributed by atoms with E-state index in [0.717, 1.165) is 13.2 Å². The number of benzene rings is 1. The van der Waals surface area contributed by atoms with Gasteiger partial charge in [0, 0.05) is 5.56 Å². The zero-order chi connectivity index (χ0) is 13.0. The van der Waals surface area contributed by atoms with Crippen molar-refractivity contribution in [3.8, 4) is 11.8 Å². The van der Waals surface area contributed by atoms with E-state index in [4.69, 9.17) is 10.00 Å². The van der Waals surface area contributed by atoms with Crippen LogP contribution in [0.1, 0.15) is 27.9 Å². The van der Waals surface area contributed by atoms with E-state index < -0.39 is 23.5 Å². The SMILES string of the molecule is COC(=O)c1c(C#N)cc(OC)cc1C(F)F. The van der Waals surface area contributed by atoms with E-state index in [2.05, 4.69) is 4.74 Å². The van der Waals surface area contributed by atoms with Crippen molar-refractivity contribution in [2.45, 2.75) is 6.43 Å². The molecule has 0 atom stereocenters. The number of carbonyl (C=O) groups is 1. The van der Waals surface area contributed by atoms with Gasteiger partial charge < -0.3 is 9.47 Å². The Morgan fingerprint density at radius 3 is 2.47 bits per heavy atom. The van der Waals surface area contributed by atoms with Gasteiger partial charge in [-0.05, 0) is 12.1 Å². The molecule has 0 aliphatic carbocycles. The lowest BCUT2D eigenvalue weighted by atomic mass is 10.0. The molecule has 0 aliphatic rings. The van der Waals surface area contributed by atoms with E-state index in [9.17, 15) is 13.6 Å². The van der Waals surface area contributed by atoms with Gasteiger partial charge in [-0.3, -0.25) is 0 Å². The summed E-state index contributed by atoms with van der Waals surface area (Å²) in [5.41, 5.74) is -1.20. The maximum Gasteiger partial charge on any atom is 0.339 e. The van der Waals surface area contributed by atoms with Crippen LogP contribution in [0.4, 0.5) is 8.78 Å². The highest BCUT2D eigenvalue weighted by molar-refractivity contribution is 5.94. The normalized spacial score (nSPS) is 9.88. The molecule has 0 saturated heterocycles. The number of hydrogen-bond donors (Lipinski definition) is 0. The molecule has 0 aliphatic heterocycles. The van der Waals surface area contributed by atoms with Crippen LogP contribution in [0, 0.1) is 11.3 Å². The quantitative estimate of drug-likeness (QED) is 0.762. The number of carbonyl (C=O) groups excluding carboxylic acids is 1. The second kappa shape index (κ2) is 5.25. The number of rotatable bonds is 3. The minimum absolute atomic E-state index is 0.0875. The third-order valence-corrected chi connectivity index (χ3v) is 2.12. The smallest absolute Gasteiger partial charge is 0.339 e. The number of halogens is 2. The first-order valence-corrected chi connectivity index (χ1v) is 4.53. The van der Waals surface area contributed by atoms with Gasteiger partial charge in [0.15, 0.2) is 0 Å². The summed E-state index contributed by atoms with van der Waals surface area (Å²) in [5.74, 6) is -0.885. The van der Waals surface area contributed by atoms with Gasteiger partial charge in [-0.2, -0.15) is 5.26 Å². The van der Waals surface area contributed by atoms with Gasteiger partial charge in [0.05, 0.1) is 25.3 Å². The fourth-order valence-electron chi connectivity index (χ4n) is 1.35. The van der Waals surface area contributed by atoms with Crippen molar-refractivity contribution >= 4 is 5.97 Å². The summed E-state index contributed by atoms with van der Waals surface area (Å²) in [7, 11) is 2.34. The molecule has 0 bridgehead atoms. The van der Waals surface area contributed by atoms with Crippen LogP contribution in [0.2, 0.25) is 0 Å². The molecule has 0 radical (unpaired) electrons. The lowest BCUT2D eigenvalue weighted by molar-refractivity contribution is 0.0589. The Morgan fingerprint density at radius 1 is 1.41 bits per heavy atom. The molecule has 6 heteroatoms. The van der Waals surface area contributed by atoms with Gasteiger partial charge in [-0.1, -0.05) is 0 Å². The van der Waals surface area contributed by atoms with Gasteiger partial charge in [0.1, 0.15) is 11.8 Å². The third kappa shape index (κ3) is 2.50. The summed E-state index contributed by atoms with van der Waals surface area (Å²) < 4.78 is 34.7. The summed E-state index contributed by atoms with van der Waals surface area (Å²) >= 11 is 0. The predicted molar refractivity (Wildman–Crippen MR) is 54.0 cm³/mol. The Hall–Kier alpha value is -2.16. The molecule has 1 rings (SSSR count). The molecule has 90 valence electrons. The minimum Gasteiger partial charge on any atom is -0.497 e. The maximum absolute atomic E-state index is 12.8. The number of esters is 1. The number of methoxy groups -OCH3 is 2. The number of alkyl halides is 2. The molecule has 0 amide bonds. The highest BCUT2D eigenvalue weighted by atomic mass is 19.3. The Morgan fingerprint density at radius 2 is 2.06 bits per heavy atom. The molecule has 0 N–H and O–H groups in total. The fourth-order valence-corrected chi connectivity index (χ4v) is 1.35. The van der Waals surface area contributed by atoms with Crippen molar-refractivity contribution in [2.24, 2.45) is 0 Å². The average Bonchev–Trinajstić information content (AvgIpc) is 2.35. The zero-order valence-corrected chi connectivity index (χ0v) is 9.16. The second-order valence-electron chi connectivity index (χ2n) is 3.04. The van der Waals surface area contributed by atoms with Crippen molar-refractivity contribution in [3.63, 3.8) is 0 Å². The first-order chi connectivity index (χ1) is 8.04. The lowest BCUT2D eigenvalue weighted by Gasteiger charge is -2.11. The summed E-state index contributed by atoms with van der Waals surface area (Å²) in [5, 5.41) is 8.83. The van der Waals surface area contributed by atoms with Gasteiger partial charge >= 0.3 is 5.97 Å². The van der Waals surface area contributed by atoms with E-state index in [1.54, 1.807) is 6.07 Å². The monoisotopic (exact) mass is 241 g/mol. The van der Waals surface area contributed by atoms with E-state index in [1.807, 2.05) is 0 Å². The standard InChI is InChI=1S/C11H9F2NO3/c1-16-7-3-6(5-14)9(11(15)17-2)8(4-7)10(12)13/h3-4,10H,1-2H3. The predicted octanol–water partition coefficient (Wildman–Crippen LogP) is 2.29. The average molecular weight is 241 g/mol. The molecule has 0 aromatic heterocycles. The number of ether oxygens (including phenoxy) is 2. The number of nitriles is 1. The summed E-state index contributed by atoms with van der Waals surface area (Å²) in [6, 6.07) is 3.88. The number of hydrogen-bond acceptors (Lipinski definition) is 4. The summed E-state index contributed by atoms with van der Waals surface area (Å²) in [4.78, 5) is 11.4.